The molecular weight excluding hydrogens is 176 g/mol. The number of morpholine rings is 1. The summed E-state index contributed by atoms with van der Waals surface area (Å²) >= 11 is 0. The average molecular weight is 192 g/mol. The summed E-state index contributed by atoms with van der Waals surface area (Å²) in [6, 6.07) is 6.03. The molecule has 0 N–H and O–H groups in total. The van der Waals surface area contributed by atoms with Gasteiger partial charge in [0.2, 0.25) is 0 Å². The van der Waals surface area contributed by atoms with Gasteiger partial charge in [0.1, 0.15) is 5.82 Å². The second kappa shape index (κ2) is 4.42. The highest BCUT2D eigenvalue weighted by Gasteiger charge is 2.19. The smallest absolute Gasteiger partial charge is 0.128 e. The highest BCUT2D eigenvalue weighted by Crippen LogP contribution is 2.15. The number of pyridine rings is 1. The van der Waals surface area contributed by atoms with E-state index in [4.69, 9.17) is 4.74 Å². The first-order chi connectivity index (χ1) is 6.90. The summed E-state index contributed by atoms with van der Waals surface area (Å²) in [5.41, 5.74) is 0. The van der Waals surface area contributed by atoms with Crippen molar-refractivity contribution >= 4 is 5.82 Å². The molecule has 3 heteroatoms. The van der Waals surface area contributed by atoms with Crippen LogP contribution < -0.4 is 4.90 Å². The van der Waals surface area contributed by atoms with E-state index in [0.717, 1.165) is 31.9 Å². The zero-order valence-corrected chi connectivity index (χ0v) is 8.52. The molecule has 0 aliphatic carbocycles. The van der Waals surface area contributed by atoms with Gasteiger partial charge < -0.3 is 9.64 Å². The standard InChI is InChI=1S/C11H16N2O/c1-2-10-9-13(7-8-14-10)11-5-3-4-6-12-11/h3-6,10H,2,7-9H2,1H3/t10-/m0/s1. The fraction of sp³-hybridized carbons (Fsp3) is 0.545. The SMILES string of the molecule is CC[C@H]1CN(c2ccccn2)CCO1. The molecular formula is C11H16N2O. The van der Waals surface area contributed by atoms with Crippen LogP contribution in [-0.4, -0.2) is 30.8 Å². The van der Waals surface area contributed by atoms with Crippen LogP contribution in [-0.2, 0) is 4.74 Å². The van der Waals surface area contributed by atoms with Crippen molar-refractivity contribution in [2.75, 3.05) is 24.6 Å². The zero-order valence-electron chi connectivity index (χ0n) is 8.52. The van der Waals surface area contributed by atoms with Crippen molar-refractivity contribution in [3.05, 3.63) is 24.4 Å². The van der Waals surface area contributed by atoms with Crippen LogP contribution in [0.5, 0.6) is 0 Å². The molecule has 1 aromatic rings. The highest BCUT2D eigenvalue weighted by molar-refractivity contribution is 5.38. The number of anilines is 1. The Balaban J connectivity index is 2.04. The van der Waals surface area contributed by atoms with Crippen LogP contribution in [0.2, 0.25) is 0 Å². The van der Waals surface area contributed by atoms with E-state index in [0.29, 0.717) is 6.10 Å². The van der Waals surface area contributed by atoms with Crippen molar-refractivity contribution in [3.8, 4) is 0 Å². The second-order valence-electron chi connectivity index (χ2n) is 3.53. The summed E-state index contributed by atoms with van der Waals surface area (Å²) in [4.78, 5) is 6.63. The monoisotopic (exact) mass is 192 g/mol. The van der Waals surface area contributed by atoms with Crippen LogP contribution in [0.1, 0.15) is 13.3 Å². The maximum absolute atomic E-state index is 5.61. The fourth-order valence-corrected chi connectivity index (χ4v) is 1.72. The molecule has 0 spiro atoms. The van der Waals surface area contributed by atoms with Crippen LogP contribution in [0.3, 0.4) is 0 Å². The van der Waals surface area contributed by atoms with E-state index in [9.17, 15) is 0 Å². The quantitative estimate of drug-likeness (QED) is 0.713. The molecule has 0 unspecified atom stereocenters. The molecule has 0 bridgehead atoms. The molecule has 1 fully saturated rings. The van der Waals surface area contributed by atoms with Gasteiger partial charge in [-0.3, -0.25) is 0 Å². The third-order valence-corrected chi connectivity index (χ3v) is 2.57. The van der Waals surface area contributed by atoms with Crippen LogP contribution in [0.25, 0.3) is 0 Å². The molecule has 1 atom stereocenters. The lowest BCUT2D eigenvalue weighted by molar-refractivity contribution is 0.0382. The van der Waals surface area contributed by atoms with Gasteiger partial charge in [0.15, 0.2) is 0 Å². The summed E-state index contributed by atoms with van der Waals surface area (Å²) in [6.07, 6.45) is 3.28. The largest absolute Gasteiger partial charge is 0.375 e. The third kappa shape index (κ3) is 2.04. The predicted molar refractivity (Wildman–Crippen MR) is 56.5 cm³/mol. The summed E-state index contributed by atoms with van der Waals surface area (Å²) in [6.45, 7) is 4.89. The van der Waals surface area contributed by atoms with Crippen LogP contribution >= 0.6 is 0 Å². The number of hydrogen-bond acceptors (Lipinski definition) is 3. The lowest BCUT2D eigenvalue weighted by atomic mass is 10.2. The van der Waals surface area contributed by atoms with Crippen LogP contribution in [0.4, 0.5) is 5.82 Å². The molecule has 0 saturated carbocycles. The first-order valence-electron chi connectivity index (χ1n) is 5.17. The van der Waals surface area contributed by atoms with Crippen molar-refractivity contribution in [3.63, 3.8) is 0 Å². The Morgan fingerprint density at radius 2 is 2.50 bits per heavy atom. The minimum atomic E-state index is 0.366. The predicted octanol–water partition coefficient (Wildman–Crippen LogP) is 1.70. The van der Waals surface area contributed by atoms with Gasteiger partial charge in [-0.2, -0.15) is 0 Å². The third-order valence-electron chi connectivity index (χ3n) is 2.57. The Morgan fingerprint density at radius 1 is 1.57 bits per heavy atom. The Hall–Kier alpha value is -1.09. The van der Waals surface area contributed by atoms with Gasteiger partial charge in [0.05, 0.1) is 12.7 Å². The van der Waals surface area contributed by atoms with E-state index in [1.165, 1.54) is 0 Å². The molecule has 1 saturated heterocycles. The zero-order chi connectivity index (χ0) is 9.80. The second-order valence-corrected chi connectivity index (χ2v) is 3.53. The van der Waals surface area contributed by atoms with Crippen LogP contribution in [0, 0.1) is 0 Å². The number of ether oxygens (including phenoxy) is 1. The number of aromatic nitrogens is 1. The van der Waals surface area contributed by atoms with Gasteiger partial charge >= 0.3 is 0 Å². The lowest BCUT2D eigenvalue weighted by Gasteiger charge is -2.33. The highest BCUT2D eigenvalue weighted by atomic mass is 16.5. The molecule has 1 aliphatic heterocycles. The Bertz CT molecular complexity index is 276. The topological polar surface area (TPSA) is 25.4 Å². The Labute approximate surface area is 84.7 Å². The van der Waals surface area contributed by atoms with Crippen molar-refractivity contribution < 1.29 is 4.74 Å². The van der Waals surface area contributed by atoms with E-state index in [-0.39, 0.29) is 0 Å². The molecule has 0 amide bonds. The van der Waals surface area contributed by atoms with Gasteiger partial charge in [-0.15, -0.1) is 0 Å². The molecule has 3 nitrogen and oxygen atoms in total. The first kappa shape index (κ1) is 9.46. The summed E-state index contributed by atoms with van der Waals surface area (Å²) < 4.78 is 5.61. The number of nitrogens with zero attached hydrogens (tertiary/aromatic N) is 2. The van der Waals surface area contributed by atoms with Crippen molar-refractivity contribution in [1.29, 1.82) is 0 Å². The Morgan fingerprint density at radius 3 is 3.21 bits per heavy atom. The number of rotatable bonds is 2. The molecule has 1 aromatic heterocycles. The summed E-state index contributed by atoms with van der Waals surface area (Å²) in [5, 5.41) is 0. The van der Waals surface area contributed by atoms with E-state index >= 15 is 0 Å². The maximum Gasteiger partial charge on any atom is 0.128 e. The first-order valence-corrected chi connectivity index (χ1v) is 5.17. The molecule has 76 valence electrons. The molecule has 2 rings (SSSR count). The minimum absolute atomic E-state index is 0.366. The van der Waals surface area contributed by atoms with Gasteiger partial charge in [-0.1, -0.05) is 13.0 Å². The van der Waals surface area contributed by atoms with Crippen LogP contribution in [0.15, 0.2) is 24.4 Å². The average Bonchev–Trinajstić information content (AvgIpc) is 2.30. The molecule has 2 heterocycles. The lowest BCUT2D eigenvalue weighted by Crippen LogP contribution is -2.42. The normalized spacial score (nSPS) is 22.4. The number of hydrogen-bond donors (Lipinski definition) is 0. The molecule has 0 aromatic carbocycles. The summed E-state index contributed by atoms with van der Waals surface area (Å²) in [5.74, 6) is 1.06. The molecule has 14 heavy (non-hydrogen) atoms. The van der Waals surface area contributed by atoms with Gasteiger partial charge in [0, 0.05) is 19.3 Å². The van der Waals surface area contributed by atoms with E-state index in [1.807, 2.05) is 18.3 Å². The van der Waals surface area contributed by atoms with Gasteiger partial charge in [0.25, 0.3) is 0 Å². The van der Waals surface area contributed by atoms with E-state index < -0.39 is 0 Å². The van der Waals surface area contributed by atoms with Crippen molar-refractivity contribution in [2.45, 2.75) is 19.4 Å². The van der Waals surface area contributed by atoms with Gasteiger partial charge in [-0.05, 0) is 18.6 Å². The fourth-order valence-electron chi connectivity index (χ4n) is 1.72. The Kier molecular flexibility index (Phi) is 2.99. The summed E-state index contributed by atoms with van der Waals surface area (Å²) in [7, 11) is 0. The van der Waals surface area contributed by atoms with E-state index in [2.05, 4.69) is 22.9 Å². The van der Waals surface area contributed by atoms with Gasteiger partial charge in [-0.25, -0.2) is 4.98 Å². The van der Waals surface area contributed by atoms with Crippen molar-refractivity contribution in [2.24, 2.45) is 0 Å². The van der Waals surface area contributed by atoms with Crippen molar-refractivity contribution in [1.82, 2.24) is 4.98 Å². The maximum atomic E-state index is 5.61. The molecule has 1 aliphatic rings. The molecule has 0 radical (unpaired) electrons. The van der Waals surface area contributed by atoms with E-state index in [1.54, 1.807) is 0 Å². The minimum Gasteiger partial charge on any atom is -0.375 e.